The summed E-state index contributed by atoms with van der Waals surface area (Å²) in [5, 5.41) is 0. The molecule has 16 heavy (non-hydrogen) atoms. The third-order valence-corrected chi connectivity index (χ3v) is 3.75. The molecule has 0 bridgehead atoms. The van der Waals surface area contributed by atoms with Crippen molar-refractivity contribution in [3.8, 4) is 0 Å². The molecule has 0 aliphatic rings. The van der Waals surface area contributed by atoms with E-state index in [1.807, 2.05) is 0 Å². The molecule has 0 amide bonds. The zero-order chi connectivity index (χ0) is 12.1. The Morgan fingerprint density at radius 1 is 1.31 bits per heavy atom. The van der Waals surface area contributed by atoms with Gasteiger partial charge in [-0.1, -0.05) is 19.9 Å². The van der Waals surface area contributed by atoms with Gasteiger partial charge in [-0.2, -0.15) is 0 Å². The minimum absolute atomic E-state index is 0.591. The first-order valence-corrected chi connectivity index (χ1v) is 6.64. The Hall–Kier alpha value is -0.540. The van der Waals surface area contributed by atoms with Crippen LogP contribution in [0.5, 0.6) is 0 Å². The van der Waals surface area contributed by atoms with Gasteiger partial charge < -0.3 is 10.6 Å². The van der Waals surface area contributed by atoms with Crippen LogP contribution in [0.2, 0.25) is 0 Å². The smallest absolute Gasteiger partial charge is 0.0510 e. The number of rotatable bonds is 5. The molecular weight excluding hydrogens is 264 g/mol. The van der Waals surface area contributed by atoms with Crippen molar-refractivity contribution in [3.63, 3.8) is 0 Å². The van der Waals surface area contributed by atoms with Crippen LogP contribution in [-0.2, 0) is 6.54 Å². The monoisotopic (exact) mass is 284 g/mol. The molecule has 0 saturated carbocycles. The molecule has 0 fully saturated rings. The Morgan fingerprint density at radius 2 is 1.94 bits per heavy atom. The lowest BCUT2D eigenvalue weighted by Crippen LogP contribution is -2.30. The Labute approximate surface area is 107 Å². The fraction of sp³-hybridized carbons (Fsp3) is 0.538. The van der Waals surface area contributed by atoms with Crippen molar-refractivity contribution in [2.45, 2.75) is 39.3 Å². The van der Waals surface area contributed by atoms with E-state index in [0.29, 0.717) is 12.6 Å². The zero-order valence-corrected chi connectivity index (χ0v) is 11.9. The number of anilines is 1. The van der Waals surface area contributed by atoms with Gasteiger partial charge in [0.2, 0.25) is 0 Å². The fourth-order valence-corrected chi connectivity index (χ4v) is 2.70. The van der Waals surface area contributed by atoms with E-state index in [4.69, 9.17) is 5.73 Å². The summed E-state index contributed by atoms with van der Waals surface area (Å²) >= 11 is 3.62. The maximum atomic E-state index is 5.62. The molecule has 0 aliphatic carbocycles. The van der Waals surface area contributed by atoms with E-state index in [1.165, 1.54) is 5.69 Å². The number of hydrogen-bond donors (Lipinski definition) is 1. The highest BCUT2D eigenvalue weighted by atomic mass is 79.9. The average molecular weight is 285 g/mol. The summed E-state index contributed by atoms with van der Waals surface area (Å²) in [7, 11) is 2.15. The van der Waals surface area contributed by atoms with Gasteiger partial charge in [-0.15, -0.1) is 0 Å². The lowest BCUT2D eigenvalue weighted by atomic mass is 10.1. The molecule has 0 heterocycles. The van der Waals surface area contributed by atoms with Gasteiger partial charge in [0.15, 0.2) is 0 Å². The maximum absolute atomic E-state index is 5.62. The van der Waals surface area contributed by atoms with E-state index >= 15 is 0 Å². The summed E-state index contributed by atoms with van der Waals surface area (Å²) < 4.78 is 1.13. The highest BCUT2D eigenvalue weighted by Crippen LogP contribution is 2.29. The summed E-state index contributed by atoms with van der Waals surface area (Å²) in [5.74, 6) is 0. The van der Waals surface area contributed by atoms with Gasteiger partial charge in [0.05, 0.1) is 5.69 Å². The van der Waals surface area contributed by atoms with Crippen LogP contribution in [0.15, 0.2) is 22.7 Å². The molecular formula is C13H21BrN2. The number of benzene rings is 1. The molecule has 0 aliphatic heterocycles. The van der Waals surface area contributed by atoms with Gasteiger partial charge in [0.1, 0.15) is 0 Å². The van der Waals surface area contributed by atoms with Crippen molar-refractivity contribution in [1.29, 1.82) is 0 Å². The zero-order valence-electron chi connectivity index (χ0n) is 10.3. The SMILES string of the molecule is CCC(CC)N(C)c1ccc(CN)cc1Br. The van der Waals surface area contributed by atoms with Gasteiger partial charge in [-0.3, -0.25) is 0 Å². The van der Waals surface area contributed by atoms with Crippen LogP contribution < -0.4 is 10.6 Å². The van der Waals surface area contributed by atoms with Crippen molar-refractivity contribution in [2.24, 2.45) is 5.73 Å². The predicted molar refractivity (Wildman–Crippen MR) is 74.8 cm³/mol. The van der Waals surface area contributed by atoms with Crippen molar-refractivity contribution in [2.75, 3.05) is 11.9 Å². The van der Waals surface area contributed by atoms with Crippen molar-refractivity contribution >= 4 is 21.6 Å². The Morgan fingerprint density at radius 3 is 2.38 bits per heavy atom. The van der Waals surface area contributed by atoms with Gasteiger partial charge >= 0.3 is 0 Å². The van der Waals surface area contributed by atoms with E-state index in [1.54, 1.807) is 0 Å². The van der Waals surface area contributed by atoms with Crippen LogP contribution in [-0.4, -0.2) is 13.1 Å². The maximum Gasteiger partial charge on any atom is 0.0510 e. The van der Waals surface area contributed by atoms with Crippen LogP contribution in [0.3, 0.4) is 0 Å². The molecule has 0 atom stereocenters. The molecule has 0 aromatic heterocycles. The molecule has 1 rings (SSSR count). The van der Waals surface area contributed by atoms with E-state index in [-0.39, 0.29) is 0 Å². The molecule has 2 N–H and O–H groups in total. The average Bonchev–Trinajstić information content (AvgIpc) is 2.30. The number of nitrogens with two attached hydrogens (primary N) is 1. The summed E-state index contributed by atoms with van der Waals surface area (Å²) in [5.41, 5.74) is 8.02. The molecule has 0 saturated heterocycles. The van der Waals surface area contributed by atoms with Gasteiger partial charge in [-0.05, 0) is 46.5 Å². The topological polar surface area (TPSA) is 29.3 Å². The lowest BCUT2D eigenvalue weighted by Gasteiger charge is -2.29. The minimum atomic E-state index is 0.591. The van der Waals surface area contributed by atoms with E-state index < -0.39 is 0 Å². The van der Waals surface area contributed by atoms with E-state index in [2.05, 4.69) is 59.9 Å². The highest BCUT2D eigenvalue weighted by molar-refractivity contribution is 9.10. The highest BCUT2D eigenvalue weighted by Gasteiger charge is 2.13. The van der Waals surface area contributed by atoms with Crippen molar-refractivity contribution in [1.82, 2.24) is 0 Å². The summed E-state index contributed by atoms with van der Waals surface area (Å²) in [6.07, 6.45) is 2.33. The van der Waals surface area contributed by atoms with E-state index in [9.17, 15) is 0 Å². The molecule has 3 heteroatoms. The van der Waals surface area contributed by atoms with Crippen LogP contribution in [0.25, 0.3) is 0 Å². The first kappa shape index (κ1) is 13.5. The molecule has 90 valence electrons. The van der Waals surface area contributed by atoms with Gasteiger partial charge in [0, 0.05) is 24.1 Å². The molecule has 0 radical (unpaired) electrons. The summed E-state index contributed by atoms with van der Waals surface area (Å²) in [6, 6.07) is 6.94. The first-order valence-electron chi connectivity index (χ1n) is 5.85. The number of halogens is 1. The second kappa shape index (κ2) is 6.26. The van der Waals surface area contributed by atoms with Gasteiger partial charge in [-0.25, -0.2) is 0 Å². The third kappa shape index (κ3) is 2.98. The second-order valence-electron chi connectivity index (χ2n) is 4.07. The summed E-state index contributed by atoms with van der Waals surface area (Å²) in [4.78, 5) is 2.34. The Kier molecular flexibility index (Phi) is 5.29. The van der Waals surface area contributed by atoms with Crippen LogP contribution >= 0.6 is 15.9 Å². The van der Waals surface area contributed by atoms with Gasteiger partial charge in [0.25, 0.3) is 0 Å². The molecule has 1 aromatic rings. The second-order valence-corrected chi connectivity index (χ2v) is 4.93. The van der Waals surface area contributed by atoms with Crippen LogP contribution in [0.1, 0.15) is 32.3 Å². The summed E-state index contributed by atoms with van der Waals surface area (Å²) in [6.45, 7) is 5.05. The predicted octanol–water partition coefficient (Wildman–Crippen LogP) is 3.53. The number of hydrogen-bond acceptors (Lipinski definition) is 2. The first-order chi connectivity index (χ1) is 7.63. The lowest BCUT2D eigenvalue weighted by molar-refractivity contribution is 0.591. The quantitative estimate of drug-likeness (QED) is 0.896. The van der Waals surface area contributed by atoms with Crippen LogP contribution in [0.4, 0.5) is 5.69 Å². The largest absolute Gasteiger partial charge is 0.371 e. The Bertz CT molecular complexity index is 335. The number of nitrogens with zero attached hydrogens (tertiary/aromatic N) is 1. The molecule has 0 spiro atoms. The molecule has 2 nitrogen and oxygen atoms in total. The Balaban J connectivity index is 2.95. The van der Waals surface area contributed by atoms with Crippen molar-refractivity contribution in [3.05, 3.63) is 28.2 Å². The molecule has 0 unspecified atom stereocenters. The van der Waals surface area contributed by atoms with E-state index in [0.717, 1.165) is 22.9 Å². The minimum Gasteiger partial charge on any atom is -0.371 e. The third-order valence-electron chi connectivity index (χ3n) is 3.12. The fourth-order valence-electron chi connectivity index (χ4n) is 2.00. The molecule has 1 aromatic carbocycles. The van der Waals surface area contributed by atoms with Crippen LogP contribution in [0, 0.1) is 0 Å². The standard InChI is InChI=1S/C13H21BrN2/c1-4-11(5-2)16(3)13-7-6-10(9-15)8-12(13)14/h6-8,11H,4-5,9,15H2,1-3H3. The van der Waals surface area contributed by atoms with Crippen molar-refractivity contribution < 1.29 is 0 Å². The normalized spacial score (nSPS) is 10.9.